The van der Waals surface area contributed by atoms with Gasteiger partial charge in [0.25, 0.3) is 0 Å². The second-order valence-corrected chi connectivity index (χ2v) is 3.83. The lowest BCUT2D eigenvalue weighted by Gasteiger charge is -2.31. The summed E-state index contributed by atoms with van der Waals surface area (Å²) >= 11 is 0. The lowest BCUT2D eigenvalue weighted by molar-refractivity contribution is 0.193. The van der Waals surface area contributed by atoms with Crippen LogP contribution in [0.15, 0.2) is 0 Å². The molecule has 0 atom stereocenters. The van der Waals surface area contributed by atoms with Gasteiger partial charge < -0.3 is 10.2 Å². The van der Waals surface area contributed by atoms with E-state index in [0.717, 1.165) is 12.1 Å². The summed E-state index contributed by atoms with van der Waals surface area (Å²) in [5, 5.41) is 3.36. The van der Waals surface area contributed by atoms with Crippen LogP contribution in [0, 0.1) is 0 Å². The highest BCUT2D eigenvalue weighted by atomic mass is 35.5. The first-order valence-corrected chi connectivity index (χ1v) is 4.81. The Bertz CT molecular complexity index is 132. The molecule has 1 heterocycles. The Balaban J connectivity index is 0.000000720. The van der Waals surface area contributed by atoms with E-state index in [0.29, 0.717) is 0 Å². The van der Waals surface area contributed by atoms with Crippen LogP contribution in [-0.4, -0.2) is 37.1 Å². The van der Waals surface area contributed by atoms with Gasteiger partial charge in [-0.1, -0.05) is 0 Å². The lowest BCUT2D eigenvalue weighted by atomic mass is 10.1. The van der Waals surface area contributed by atoms with Crippen LogP contribution < -0.4 is 5.32 Å². The van der Waals surface area contributed by atoms with Crippen molar-refractivity contribution < 1.29 is 0 Å². The quantitative estimate of drug-likeness (QED) is 0.772. The number of nitrogens with one attached hydrogen (secondary N) is 1. The van der Waals surface area contributed by atoms with Crippen LogP contribution >= 0.6 is 24.8 Å². The molecule has 2 nitrogen and oxygen atoms in total. The van der Waals surface area contributed by atoms with Crippen molar-refractivity contribution in [1.29, 1.82) is 0 Å². The molecule has 0 aromatic heterocycles. The summed E-state index contributed by atoms with van der Waals surface area (Å²) in [5.74, 6) is 0. The lowest BCUT2D eigenvalue weighted by Crippen LogP contribution is -2.42. The van der Waals surface area contributed by atoms with Gasteiger partial charge in [0.05, 0.1) is 0 Å². The molecule has 1 N–H and O–H groups in total. The Morgan fingerprint density at radius 3 is 1.92 bits per heavy atom. The Kier molecular flexibility index (Phi) is 6.31. The van der Waals surface area contributed by atoms with Crippen molar-refractivity contribution in [2.24, 2.45) is 0 Å². The number of hydrogen-bond acceptors (Lipinski definition) is 2. The largest absolute Gasteiger partial charge is 0.317 e. The van der Waals surface area contributed by atoms with Gasteiger partial charge in [0.1, 0.15) is 0 Å². The number of rotatable bonds is 2. The summed E-state index contributed by atoms with van der Waals surface area (Å²) in [7, 11) is 2.08. The third-order valence-corrected chi connectivity index (χ3v) is 3.00. The normalized spacial score (nSPS) is 24.7. The monoisotopic (exact) mass is 226 g/mol. The van der Waals surface area contributed by atoms with E-state index in [2.05, 4.69) is 17.3 Å². The van der Waals surface area contributed by atoms with E-state index < -0.39 is 0 Å². The minimum Gasteiger partial charge on any atom is -0.317 e. The second kappa shape index (κ2) is 6.07. The van der Waals surface area contributed by atoms with Gasteiger partial charge in [-0.3, -0.25) is 0 Å². The molecule has 1 saturated heterocycles. The fourth-order valence-corrected chi connectivity index (χ4v) is 1.99. The van der Waals surface area contributed by atoms with E-state index in [1.807, 2.05) is 0 Å². The molecular formula is C9H20Cl2N2. The molecule has 0 radical (unpaired) electrons. The van der Waals surface area contributed by atoms with Crippen molar-refractivity contribution in [2.75, 3.05) is 20.1 Å². The van der Waals surface area contributed by atoms with Crippen LogP contribution in [0.2, 0.25) is 0 Å². The van der Waals surface area contributed by atoms with Gasteiger partial charge in [-0.2, -0.15) is 0 Å². The molecule has 13 heavy (non-hydrogen) atoms. The fourth-order valence-electron chi connectivity index (χ4n) is 1.99. The fraction of sp³-hybridized carbons (Fsp3) is 1.00. The van der Waals surface area contributed by atoms with Gasteiger partial charge >= 0.3 is 0 Å². The summed E-state index contributed by atoms with van der Waals surface area (Å²) in [4.78, 5) is 2.66. The third kappa shape index (κ3) is 3.62. The SMILES string of the molecule is CNC1CCN(C2CC2)CC1.Cl.Cl. The number of likely N-dealkylation sites (tertiary alicyclic amines) is 1. The molecule has 0 bridgehead atoms. The molecule has 80 valence electrons. The van der Waals surface area contributed by atoms with Crippen molar-refractivity contribution >= 4 is 24.8 Å². The molecule has 1 saturated carbocycles. The summed E-state index contributed by atoms with van der Waals surface area (Å²) in [6.45, 7) is 2.66. The molecule has 0 amide bonds. The van der Waals surface area contributed by atoms with Gasteiger partial charge in [-0.25, -0.2) is 0 Å². The topological polar surface area (TPSA) is 15.3 Å². The van der Waals surface area contributed by atoms with Gasteiger partial charge in [0, 0.05) is 12.1 Å². The smallest absolute Gasteiger partial charge is 0.00964 e. The zero-order valence-corrected chi connectivity index (χ0v) is 9.79. The van der Waals surface area contributed by atoms with E-state index in [1.54, 1.807) is 0 Å². The molecular weight excluding hydrogens is 207 g/mol. The van der Waals surface area contributed by atoms with Gasteiger partial charge in [0.15, 0.2) is 0 Å². The predicted molar refractivity (Wildman–Crippen MR) is 61.2 cm³/mol. The molecule has 2 aliphatic rings. The Labute approximate surface area is 93.3 Å². The van der Waals surface area contributed by atoms with E-state index in [4.69, 9.17) is 0 Å². The van der Waals surface area contributed by atoms with Crippen LogP contribution in [0.3, 0.4) is 0 Å². The van der Waals surface area contributed by atoms with Crippen molar-refractivity contribution in [2.45, 2.75) is 37.8 Å². The summed E-state index contributed by atoms with van der Waals surface area (Å²) in [6, 6.07) is 1.78. The summed E-state index contributed by atoms with van der Waals surface area (Å²) < 4.78 is 0. The van der Waals surface area contributed by atoms with Crippen LogP contribution in [0.4, 0.5) is 0 Å². The van der Waals surface area contributed by atoms with Crippen LogP contribution in [0.25, 0.3) is 0 Å². The molecule has 0 spiro atoms. The Morgan fingerprint density at radius 2 is 1.54 bits per heavy atom. The average Bonchev–Trinajstić information content (AvgIpc) is 2.87. The van der Waals surface area contributed by atoms with Crippen molar-refractivity contribution in [3.05, 3.63) is 0 Å². The van der Waals surface area contributed by atoms with E-state index in [9.17, 15) is 0 Å². The molecule has 1 aliphatic heterocycles. The predicted octanol–water partition coefficient (Wildman–Crippen LogP) is 1.68. The number of hydrogen-bond donors (Lipinski definition) is 1. The molecule has 1 aliphatic carbocycles. The maximum absolute atomic E-state index is 3.36. The average molecular weight is 227 g/mol. The minimum absolute atomic E-state index is 0. The molecule has 0 aromatic carbocycles. The number of nitrogens with zero attached hydrogens (tertiary/aromatic N) is 1. The van der Waals surface area contributed by atoms with Crippen LogP contribution in [-0.2, 0) is 0 Å². The first-order valence-electron chi connectivity index (χ1n) is 4.81. The maximum atomic E-state index is 3.36. The molecule has 2 fully saturated rings. The highest BCUT2D eigenvalue weighted by Crippen LogP contribution is 2.29. The highest BCUT2D eigenvalue weighted by molar-refractivity contribution is 5.85. The van der Waals surface area contributed by atoms with E-state index in [1.165, 1.54) is 38.8 Å². The molecule has 0 unspecified atom stereocenters. The second-order valence-electron chi connectivity index (χ2n) is 3.83. The van der Waals surface area contributed by atoms with E-state index in [-0.39, 0.29) is 24.8 Å². The Morgan fingerprint density at radius 1 is 1.00 bits per heavy atom. The Hall–Kier alpha value is 0.500. The van der Waals surface area contributed by atoms with Crippen LogP contribution in [0.5, 0.6) is 0 Å². The van der Waals surface area contributed by atoms with Crippen LogP contribution in [0.1, 0.15) is 25.7 Å². The molecule has 2 rings (SSSR count). The molecule has 4 heteroatoms. The van der Waals surface area contributed by atoms with Gasteiger partial charge in [0.2, 0.25) is 0 Å². The number of halogens is 2. The van der Waals surface area contributed by atoms with Crippen molar-refractivity contribution in [1.82, 2.24) is 10.2 Å². The first-order chi connectivity index (χ1) is 5.40. The number of piperidine rings is 1. The zero-order valence-electron chi connectivity index (χ0n) is 8.16. The maximum Gasteiger partial charge on any atom is 0.00964 e. The van der Waals surface area contributed by atoms with Crippen molar-refractivity contribution in [3.63, 3.8) is 0 Å². The van der Waals surface area contributed by atoms with Crippen molar-refractivity contribution in [3.8, 4) is 0 Å². The third-order valence-electron chi connectivity index (χ3n) is 3.00. The zero-order chi connectivity index (χ0) is 7.68. The van der Waals surface area contributed by atoms with Gasteiger partial charge in [-0.15, -0.1) is 24.8 Å². The van der Waals surface area contributed by atoms with E-state index >= 15 is 0 Å². The summed E-state index contributed by atoms with van der Waals surface area (Å²) in [6.07, 6.45) is 5.63. The molecule has 0 aromatic rings. The van der Waals surface area contributed by atoms with Gasteiger partial charge in [-0.05, 0) is 45.8 Å². The highest BCUT2D eigenvalue weighted by Gasteiger charge is 2.31. The minimum atomic E-state index is 0. The standard InChI is InChI=1S/C9H18N2.2ClH/c1-10-8-4-6-11(7-5-8)9-2-3-9;;/h8-10H,2-7H2,1H3;2*1H. The first kappa shape index (κ1) is 13.5. The summed E-state index contributed by atoms with van der Waals surface area (Å²) in [5.41, 5.74) is 0.